The lowest BCUT2D eigenvalue weighted by Gasteiger charge is -2.11. The van der Waals surface area contributed by atoms with Crippen molar-refractivity contribution < 1.29 is 29.0 Å². The number of fused-ring (bicyclic) bond motifs is 1. The third kappa shape index (κ3) is 2.77. The second-order valence-corrected chi connectivity index (χ2v) is 4.11. The fraction of sp³-hybridized carbons (Fsp3) is 0.154. The van der Waals surface area contributed by atoms with Crippen molar-refractivity contribution in [3.63, 3.8) is 0 Å². The largest absolute Gasteiger partial charge is 0.481 e. The molecule has 0 radical (unpaired) electrons. The fourth-order valence-corrected chi connectivity index (χ4v) is 1.76. The number of benzene rings is 1. The number of carboxylic acids is 2. The van der Waals surface area contributed by atoms with Gasteiger partial charge in [-0.15, -0.1) is 0 Å². The van der Waals surface area contributed by atoms with E-state index in [1.54, 1.807) is 24.3 Å². The first-order valence-corrected chi connectivity index (χ1v) is 5.70. The molecule has 1 heterocycles. The number of hydrogen-bond acceptors (Lipinski definition) is 4. The normalized spacial score (nSPS) is 12.0. The molecule has 0 unspecified atom stereocenters. The number of rotatable bonds is 5. The average Bonchev–Trinajstić information content (AvgIpc) is 2.81. The van der Waals surface area contributed by atoms with E-state index in [0.717, 1.165) is 0 Å². The van der Waals surface area contributed by atoms with Crippen LogP contribution in [0.3, 0.4) is 0 Å². The maximum absolute atomic E-state index is 12.0. The van der Waals surface area contributed by atoms with Crippen molar-refractivity contribution in [1.82, 2.24) is 5.32 Å². The van der Waals surface area contributed by atoms with Crippen molar-refractivity contribution in [3.8, 4) is 0 Å². The molecule has 7 nitrogen and oxygen atoms in total. The highest BCUT2D eigenvalue weighted by Crippen LogP contribution is 2.20. The topological polar surface area (TPSA) is 117 Å². The van der Waals surface area contributed by atoms with Crippen molar-refractivity contribution in [2.75, 3.05) is 0 Å². The summed E-state index contributed by atoms with van der Waals surface area (Å²) < 4.78 is 5.17. The van der Waals surface area contributed by atoms with Crippen molar-refractivity contribution >= 4 is 28.8 Å². The number of carboxylic acid groups (broad SMARTS) is 2. The second kappa shape index (κ2) is 5.43. The molecule has 0 bridgehead atoms. The quantitative estimate of drug-likeness (QED) is 0.753. The van der Waals surface area contributed by atoms with Gasteiger partial charge in [0.05, 0.1) is 12.0 Å². The summed E-state index contributed by atoms with van der Waals surface area (Å²) in [6.07, 6.45) is 0.510. The van der Waals surface area contributed by atoms with E-state index in [1.807, 2.05) is 0 Å². The van der Waals surface area contributed by atoms with Crippen LogP contribution in [0.4, 0.5) is 0 Å². The molecule has 3 N–H and O–H groups in total. The molecule has 1 aromatic carbocycles. The van der Waals surface area contributed by atoms with Gasteiger partial charge in [0.2, 0.25) is 0 Å². The molecule has 0 aliphatic rings. The third-order valence-corrected chi connectivity index (χ3v) is 2.71. The van der Waals surface area contributed by atoms with Crippen molar-refractivity contribution in [2.24, 2.45) is 0 Å². The van der Waals surface area contributed by atoms with Gasteiger partial charge in [-0.05, 0) is 6.07 Å². The molecule has 2 rings (SSSR count). The van der Waals surface area contributed by atoms with E-state index in [4.69, 9.17) is 14.6 Å². The molecule has 1 amide bonds. The Kier molecular flexibility index (Phi) is 3.69. The molecule has 7 heteroatoms. The molecular weight excluding hydrogens is 266 g/mol. The summed E-state index contributed by atoms with van der Waals surface area (Å²) in [5, 5.41) is 20.2. The molecule has 0 saturated heterocycles. The van der Waals surface area contributed by atoms with Crippen molar-refractivity contribution in [1.29, 1.82) is 0 Å². The fourth-order valence-electron chi connectivity index (χ4n) is 1.76. The SMILES string of the molecule is O=C(O)C[C@H](NC(=O)c1coc2ccccc12)C(=O)O. The standard InChI is InChI=1S/C13H11NO6/c15-11(16)5-9(13(18)19)14-12(17)8-6-20-10-4-2-1-3-7(8)10/h1-4,6,9H,5H2,(H,14,17)(H,15,16)(H,18,19)/t9-/m0/s1. The Morgan fingerprint density at radius 3 is 2.55 bits per heavy atom. The molecule has 0 spiro atoms. The highest BCUT2D eigenvalue weighted by atomic mass is 16.4. The number of aliphatic carboxylic acids is 2. The van der Waals surface area contributed by atoms with Crippen LogP contribution in [0.15, 0.2) is 34.9 Å². The Bertz CT molecular complexity index is 674. The summed E-state index contributed by atoms with van der Waals surface area (Å²) in [6, 6.07) is 5.27. The lowest BCUT2D eigenvalue weighted by Crippen LogP contribution is -2.42. The van der Waals surface area contributed by atoms with Crippen LogP contribution in [0.5, 0.6) is 0 Å². The number of para-hydroxylation sites is 1. The molecule has 0 fully saturated rings. The lowest BCUT2D eigenvalue weighted by atomic mass is 10.1. The van der Waals surface area contributed by atoms with Crippen molar-refractivity contribution in [2.45, 2.75) is 12.5 Å². The van der Waals surface area contributed by atoms with Gasteiger partial charge in [0.15, 0.2) is 0 Å². The van der Waals surface area contributed by atoms with E-state index in [1.165, 1.54) is 6.26 Å². The highest BCUT2D eigenvalue weighted by molar-refractivity contribution is 6.07. The van der Waals surface area contributed by atoms with Gasteiger partial charge in [0, 0.05) is 5.39 Å². The van der Waals surface area contributed by atoms with Gasteiger partial charge >= 0.3 is 11.9 Å². The molecular formula is C13H11NO6. The molecule has 1 atom stereocenters. The van der Waals surface area contributed by atoms with Crippen LogP contribution in [0, 0.1) is 0 Å². The van der Waals surface area contributed by atoms with Crippen LogP contribution < -0.4 is 5.32 Å². The number of carbonyl (C=O) groups excluding carboxylic acids is 1. The van der Waals surface area contributed by atoms with E-state index in [0.29, 0.717) is 11.0 Å². The Hall–Kier alpha value is -2.83. The third-order valence-electron chi connectivity index (χ3n) is 2.71. The minimum atomic E-state index is -1.49. The van der Waals surface area contributed by atoms with Crippen molar-refractivity contribution in [3.05, 3.63) is 36.1 Å². The van der Waals surface area contributed by atoms with Crippen LogP contribution in [-0.4, -0.2) is 34.1 Å². The Labute approximate surface area is 112 Å². The molecule has 0 aliphatic carbocycles. The maximum Gasteiger partial charge on any atom is 0.326 e. The molecule has 0 saturated carbocycles. The van der Waals surface area contributed by atoms with E-state index in [2.05, 4.69) is 5.32 Å². The van der Waals surface area contributed by atoms with Crippen LogP contribution in [-0.2, 0) is 9.59 Å². The number of carbonyl (C=O) groups is 3. The lowest BCUT2D eigenvalue weighted by molar-refractivity contribution is -0.145. The van der Waals surface area contributed by atoms with Crippen LogP contribution >= 0.6 is 0 Å². The Morgan fingerprint density at radius 1 is 1.20 bits per heavy atom. The number of hydrogen-bond donors (Lipinski definition) is 3. The first kappa shape index (κ1) is 13.6. The van der Waals surface area contributed by atoms with Gasteiger partial charge in [0.25, 0.3) is 5.91 Å². The number of furan rings is 1. The Balaban J connectivity index is 2.22. The minimum absolute atomic E-state index is 0.164. The molecule has 2 aromatic rings. The first-order valence-electron chi connectivity index (χ1n) is 5.70. The predicted octanol–water partition coefficient (Wildman–Crippen LogP) is 1.09. The van der Waals surface area contributed by atoms with Gasteiger partial charge in [-0.25, -0.2) is 4.79 Å². The first-order chi connectivity index (χ1) is 9.49. The smallest absolute Gasteiger partial charge is 0.326 e. The van der Waals surface area contributed by atoms with E-state index >= 15 is 0 Å². The summed E-state index contributed by atoms with van der Waals surface area (Å²) in [4.78, 5) is 33.5. The van der Waals surface area contributed by atoms with Gasteiger partial charge in [0.1, 0.15) is 17.9 Å². The zero-order valence-corrected chi connectivity index (χ0v) is 10.2. The van der Waals surface area contributed by atoms with E-state index in [-0.39, 0.29) is 5.56 Å². The highest BCUT2D eigenvalue weighted by Gasteiger charge is 2.25. The molecule has 1 aromatic heterocycles. The zero-order chi connectivity index (χ0) is 14.7. The summed E-state index contributed by atoms with van der Waals surface area (Å²) in [5.74, 6) is -3.41. The van der Waals surface area contributed by atoms with Crippen LogP contribution in [0.25, 0.3) is 11.0 Å². The van der Waals surface area contributed by atoms with Gasteiger partial charge < -0.3 is 19.9 Å². The Morgan fingerprint density at radius 2 is 1.90 bits per heavy atom. The summed E-state index contributed by atoms with van der Waals surface area (Å²) in [5.41, 5.74) is 0.653. The molecule has 104 valence electrons. The predicted molar refractivity (Wildman–Crippen MR) is 67.4 cm³/mol. The second-order valence-electron chi connectivity index (χ2n) is 4.11. The maximum atomic E-state index is 12.0. The zero-order valence-electron chi connectivity index (χ0n) is 10.2. The summed E-state index contributed by atoms with van der Waals surface area (Å²) >= 11 is 0. The van der Waals surface area contributed by atoms with Crippen LogP contribution in [0.2, 0.25) is 0 Å². The average molecular weight is 277 g/mol. The van der Waals surface area contributed by atoms with Gasteiger partial charge in [-0.3, -0.25) is 9.59 Å². The number of amides is 1. The monoisotopic (exact) mass is 277 g/mol. The van der Waals surface area contributed by atoms with E-state index in [9.17, 15) is 14.4 Å². The van der Waals surface area contributed by atoms with E-state index < -0.39 is 30.3 Å². The number of nitrogens with one attached hydrogen (secondary N) is 1. The van der Waals surface area contributed by atoms with Gasteiger partial charge in [-0.1, -0.05) is 18.2 Å². The summed E-state index contributed by atoms with van der Waals surface area (Å²) in [7, 11) is 0. The molecule has 0 aliphatic heterocycles. The molecule has 20 heavy (non-hydrogen) atoms. The van der Waals surface area contributed by atoms with Crippen LogP contribution in [0.1, 0.15) is 16.8 Å². The summed E-state index contributed by atoms with van der Waals surface area (Å²) in [6.45, 7) is 0. The minimum Gasteiger partial charge on any atom is -0.481 e. The van der Waals surface area contributed by atoms with Gasteiger partial charge in [-0.2, -0.15) is 0 Å².